The lowest BCUT2D eigenvalue weighted by atomic mass is 10.1. The third-order valence-corrected chi connectivity index (χ3v) is 3.09. The summed E-state index contributed by atoms with van der Waals surface area (Å²) < 4.78 is 0. The Hall–Kier alpha value is -2.68. The normalized spacial score (nSPS) is 13.9. The molecule has 4 amide bonds. The second-order valence-electron chi connectivity index (χ2n) is 6.29. The van der Waals surface area contributed by atoms with Gasteiger partial charge in [-0.3, -0.25) is 4.90 Å². The van der Waals surface area contributed by atoms with Crippen molar-refractivity contribution < 1.29 is 9.59 Å². The fraction of sp³-hybridized carbons (Fsp3) is 0.412. The van der Waals surface area contributed by atoms with E-state index in [2.05, 4.69) is 27.8 Å². The molecule has 23 heavy (non-hydrogen) atoms. The molecule has 0 saturated carbocycles. The van der Waals surface area contributed by atoms with Crippen LogP contribution in [0.25, 0.3) is 0 Å². The Morgan fingerprint density at radius 2 is 2.00 bits per heavy atom. The number of carbonyl (C=O) groups is 2. The molecule has 2 rings (SSSR count). The van der Waals surface area contributed by atoms with Crippen molar-refractivity contribution in [3.05, 3.63) is 29.8 Å². The average molecular weight is 314 g/mol. The third-order valence-electron chi connectivity index (χ3n) is 3.09. The van der Waals surface area contributed by atoms with E-state index in [-0.39, 0.29) is 24.1 Å². The topological polar surface area (TPSA) is 73.5 Å². The first-order chi connectivity index (χ1) is 10.8. The highest BCUT2D eigenvalue weighted by atomic mass is 16.2. The molecule has 1 aromatic carbocycles. The lowest BCUT2D eigenvalue weighted by Crippen LogP contribution is -2.46. The number of amides is 4. The van der Waals surface area contributed by atoms with E-state index in [0.717, 1.165) is 11.3 Å². The predicted octanol–water partition coefficient (Wildman–Crippen LogP) is 1.67. The lowest BCUT2D eigenvalue weighted by Gasteiger charge is -2.20. The second kappa shape index (κ2) is 7.05. The highest BCUT2D eigenvalue weighted by Gasteiger charge is 2.20. The highest BCUT2D eigenvalue weighted by Crippen LogP contribution is 2.16. The molecule has 1 fully saturated rings. The zero-order chi connectivity index (χ0) is 16.9. The maximum absolute atomic E-state index is 11.6. The minimum atomic E-state index is -0.269. The average Bonchev–Trinajstić information content (AvgIpc) is 2.89. The van der Waals surface area contributed by atoms with Gasteiger partial charge in [-0.25, -0.2) is 9.59 Å². The minimum absolute atomic E-state index is 0.0714. The fourth-order valence-corrected chi connectivity index (χ4v) is 2.10. The molecule has 6 nitrogen and oxygen atoms in total. The van der Waals surface area contributed by atoms with Crippen LogP contribution >= 0.6 is 0 Å². The summed E-state index contributed by atoms with van der Waals surface area (Å²) in [5.74, 6) is 5.88. The van der Waals surface area contributed by atoms with Gasteiger partial charge >= 0.3 is 12.1 Å². The van der Waals surface area contributed by atoms with Crippen molar-refractivity contribution in [1.82, 2.24) is 16.0 Å². The zero-order valence-electron chi connectivity index (χ0n) is 13.7. The molecular formula is C17H22N4O2. The quantitative estimate of drug-likeness (QED) is 0.727. The molecule has 3 N–H and O–H groups in total. The van der Waals surface area contributed by atoms with Crippen LogP contribution in [-0.4, -0.2) is 37.2 Å². The van der Waals surface area contributed by atoms with Crippen molar-refractivity contribution in [3.63, 3.8) is 0 Å². The number of rotatable bonds is 2. The molecule has 0 radical (unpaired) electrons. The SMILES string of the molecule is CC(C)(C)NC(=O)NCC#Cc1ccc(N2CCNC2=O)cc1. The molecule has 122 valence electrons. The van der Waals surface area contributed by atoms with Gasteiger partial charge in [-0.2, -0.15) is 0 Å². The number of carbonyl (C=O) groups excluding carboxylic acids is 2. The van der Waals surface area contributed by atoms with Crippen molar-refractivity contribution in [1.29, 1.82) is 0 Å². The van der Waals surface area contributed by atoms with Gasteiger partial charge in [-0.1, -0.05) is 11.8 Å². The summed E-state index contributed by atoms with van der Waals surface area (Å²) in [5, 5.41) is 8.25. The standard InChI is InChI=1S/C17H22N4O2/c1-17(2,3)20-15(22)18-10-4-5-13-6-8-14(9-7-13)21-12-11-19-16(21)23/h6-9H,10-12H2,1-3H3,(H,19,23)(H2,18,20,22). The maximum atomic E-state index is 11.6. The van der Waals surface area contributed by atoms with E-state index in [9.17, 15) is 9.59 Å². The van der Waals surface area contributed by atoms with Crippen molar-refractivity contribution in [2.45, 2.75) is 26.3 Å². The first-order valence-corrected chi connectivity index (χ1v) is 7.55. The summed E-state index contributed by atoms with van der Waals surface area (Å²) in [5.41, 5.74) is 1.43. The maximum Gasteiger partial charge on any atom is 0.321 e. The van der Waals surface area contributed by atoms with Crippen LogP contribution in [0.15, 0.2) is 24.3 Å². The second-order valence-corrected chi connectivity index (χ2v) is 6.29. The molecule has 1 aliphatic heterocycles. The molecule has 0 spiro atoms. The number of hydrogen-bond acceptors (Lipinski definition) is 2. The molecule has 0 aromatic heterocycles. The van der Waals surface area contributed by atoms with E-state index in [1.54, 1.807) is 4.90 Å². The van der Waals surface area contributed by atoms with Crippen molar-refractivity contribution >= 4 is 17.7 Å². The summed E-state index contributed by atoms with van der Waals surface area (Å²) in [6.07, 6.45) is 0. The van der Waals surface area contributed by atoms with Crippen molar-refractivity contribution in [2.24, 2.45) is 0 Å². The molecular weight excluding hydrogens is 292 g/mol. The van der Waals surface area contributed by atoms with E-state index in [1.165, 1.54) is 0 Å². The number of nitrogens with one attached hydrogen (secondary N) is 3. The fourth-order valence-electron chi connectivity index (χ4n) is 2.10. The van der Waals surface area contributed by atoms with E-state index in [4.69, 9.17) is 0 Å². The third kappa shape index (κ3) is 5.22. The van der Waals surface area contributed by atoms with E-state index in [1.807, 2.05) is 45.0 Å². The number of nitrogens with zero attached hydrogens (tertiary/aromatic N) is 1. The van der Waals surface area contributed by atoms with Gasteiger partial charge in [0.2, 0.25) is 0 Å². The van der Waals surface area contributed by atoms with Crippen LogP contribution in [0.3, 0.4) is 0 Å². The molecule has 0 bridgehead atoms. The van der Waals surface area contributed by atoms with Gasteiger partial charge < -0.3 is 16.0 Å². The predicted molar refractivity (Wildman–Crippen MR) is 90.4 cm³/mol. The first kappa shape index (κ1) is 16.7. The van der Waals surface area contributed by atoms with Gasteiger partial charge in [0.05, 0.1) is 6.54 Å². The monoisotopic (exact) mass is 314 g/mol. The smallest absolute Gasteiger partial charge is 0.321 e. The number of urea groups is 2. The molecule has 1 aliphatic rings. The van der Waals surface area contributed by atoms with Gasteiger partial charge in [0, 0.05) is 29.9 Å². The Morgan fingerprint density at radius 3 is 2.57 bits per heavy atom. The molecule has 6 heteroatoms. The summed E-state index contributed by atoms with van der Waals surface area (Å²) >= 11 is 0. The van der Waals surface area contributed by atoms with Crippen LogP contribution in [0.2, 0.25) is 0 Å². The van der Waals surface area contributed by atoms with Crippen LogP contribution in [0.1, 0.15) is 26.3 Å². The number of benzene rings is 1. The number of anilines is 1. The summed E-state index contributed by atoms with van der Waals surface area (Å²) in [7, 11) is 0. The Bertz CT molecular complexity index is 635. The molecule has 0 aliphatic carbocycles. The Kier molecular flexibility index (Phi) is 5.12. The van der Waals surface area contributed by atoms with Crippen molar-refractivity contribution in [2.75, 3.05) is 24.5 Å². The Morgan fingerprint density at radius 1 is 1.30 bits per heavy atom. The van der Waals surface area contributed by atoms with Crippen molar-refractivity contribution in [3.8, 4) is 11.8 Å². The van der Waals surface area contributed by atoms with Gasteiger partial charge in [0.15, 0.2) is 0 Å². The zero-order valence-corrected chi connectivity index (χ0v) is 13.7. The van der Waals surface area contributed by atoms with Crippen LogP contribution in [0.4, 0.5) is 15.3 Å². The van der Waals surface area contributed by atoms with Crippen LogP contribution < -0.4 is 20.9 Å². The van der Waals surface area contributed by atoms with Gasteiger partial charge in [0.25, 0.3) is 0 Å². The van der Waals surface area contributed by atoms with Crippen LogP contribution in [0.5, 0.6) is 0 Å². The van der Waals surface area contributed by atoms with Gasteiger partial charge in [-0.15, -0.1) is 0 Å². The minimum Gasteiger partial charge on any atom is -0.336 e. The first-order valence-electron chi connectivity index (χ1n) is 7.55. The molecule has 1 saturated heterocycles. The summed E-state index contributed by atoms with van der Waals surface area (Å²) in [4.78, 5) is 24.8. The Labute approximate surface area is 136 Å². The van der Waals surface area contributed by atoms with Crippen LogP contribution in [0, 0.1) is 11.8 Å². The van der Waals surface area contributed by atoms with E-state index < -0.39 is 0 Å². The molecule has 0 atom stereocenters. The molecule has 0 unspecified atom stereocenters. The van der Waals surface area contributed by atoms with E-state index in [0.29, 0.717) is 13.1 Å². The summed E-state index contributed by atoms with van der Waals surface area (Å²) in [6, 6.07) is 7.16. The molecule has 1 aromatic rings. The number of hydrogen-bond donors (Lipinski definition) is 3. The highest BCUT2D eigenvalue weighted by molar-refractivity contribution is 5.94. The molecule has 1 heterocycles. The van der Waals surface area contributed by atoms with E-state index >= 15 is 0 Å². The Balaban J connectivity index is 1.85. The summed E-state index contributed by atoms with van der Waals surface area (Å²) in [6.45, 7) is 7.37. The lowest BCUT2D eigenvalue weighted by molar-refractivity contribution is 0.233. The van der Waals surface area contributed by atoms with Gasteiger partial charge in [0.1, 0.15) is 0 Å². The largest absolute Gasteiger partial charge is 0.336 e. The van der Waals surface area contributed by atoms with Crippen LogP contribution in [-0.2, 0) is 0 Å². The van der Waals surface area contributed by atoms with Gasteiger partial charge in [-0.05, 0) is 45.0 Å².